The lowest BCUT2D eigenvalue weighted by Crippen LogP contribution is -2.35. The molecule has 3 N–H and O–H groups in total. The molecule has 0 amide bonds. The van der Waals surface area contributed by atoms with Crippen LogP contribution in [0.2, 0.25) is 0 Å². The van der Waals surface area contributed by atoms with Gasteiger partial charge in [-0.3, -0.25) is 0 Å². The fraction of sp³-hybridized carbons (Fsp3) is 1.00. The second-order valence-corrected chi connectivity index (χ2v) is 3.18. The first kappa shape index (κ1) is 6.58. The first-order valence-electron chi connectivity index (χ1n) is 4.11. The molecule has 0 aliphatic carbocycles. The van der Waals surface area contributed by atoms with Gasteiger partial charge in [0.15, 0.2) is 0 Å². The number of hydrogen-bond acceptors (Lipinski definition) is 3. The molecule has 0 spiro atoms. The SMILES string of the molecule is C1CNC2CNCC2CN1. The van der Waals surface area contributed by atoms with E-state index in [-0.39, 0.29) is 0 Å². The zero-order chi connectivity index (χ0) is 6.81. The van der Waals surface area contributed by atoms with Crippen LogP contribution in [0.4, 0.5) is 0 Å². The summed E-state index contributed by atoms with van der Waals surface area (Å²) in [4.78, 5) is 0. The number of hydrogen-bond donors (Lipinski definition) is 3. The van der Waals surface area contributed by atoms with Gasteiger partial charge < -0.3 is 16.0 Å². The zero-order valence-electron chi connectivity index (χ0n) is 6.19. The van der Waals surface area contributed by atoms with E-state index in [9.17, 15) is 0 Å². The van der Waals surface area contributed by atoms with Crippen LogP contribution < -0.4 is 16.0 Å². The normalized spacial score (nSPS) is 40.8. The summed E-state index contributed by atoms with van der Waals surface area (Å²) in [7, 11) is 0. The average molecular weight is 141 g/mol. The fourth-order valence-corrected chi connectivity index (χ4v) is 1.82. The van der Waals surface area contributed by atoms with Crippen molar-refractivity contribution in [2.24, 2.45) is 5.92 Å². The highest BCUT2D eigenvalue weighted by molar-refractivity contribution is 4.89. The molecule has 2 heterocycles. The second-order valence-electron chi connectivity index (χ2n) is 3.18. The molecule has 2 fully saturated rings. The van der Waals surface area contributed by atoms with E-state index in [0.717, 1.165) is 31.6 Å². The summed E-state index contributed by atoms with van der Waals surface area (Å²) >= 11 is 0. The monoisotopic (exact) mass is 141 g/mol. The van der Waals surface area contributed by atoms with Crippen molar-refractivity contribution in [3.63, 3.8) is 0 Å². The second kappa shape index (κ2) is 2.86. The van der Waals surface area contributed by atoms with Gasteiger partial charge in [-0.25, -0.2) is 0 Å². The summed E-state index contributed by atoms with van der Waals surface area (Å²) in [6.45, 7) is 5.79. The van der Waals surface area contributed by atoms with Crippen LogP contribution in [0.5, 0.6) is 0 Å². The maximum absolute atomic E-state index is 3.52. The highest BCUT2D eigenvalue weighted by Gasteiger charge is 2.27. The van der Waals surface area contributed by atoms with Gasteiger partial charge in [-0.1, -0.05) is 0 Å². The smallest absolute Gasteiger partial charge is 0.0245 e. The molecule has 2 aliphatic rings. The van der Waals surface area contributed by atoms with Crippen molar-refractivity contribution in [3.05, 3.63) is 0 Å². The molecule has 0 bridgehead atoms. The Hall–Kier alpha value is -0.120. The molecule has 2 saturated heterocycles. The van der Waals surface area contributed by atoms with Gasteiger partial charge in [0.25, 0.3) is 0 Å². The minimum atomic E-state index is 0.731. The van der Waals surface area contributed by atoms with Gasteiger partial charge in [0.1, 0.15) is 0 Å². The maximum atomic E-state index is 3.52. The van der Waals surface area contributed by atoms with Crippen molar-refractivity contribution < 1.29 is 0 Å². The van der Waals surface area contributed by atoms with Crippen LogP contribution in [-0.4, -0.2) is 38.8 Å². The van der Waals surface area contributed by atoms with E-state index in [1.165, 1.54) is 13.1 Å². The molecular weight excluding hydrogens is 126 g/mol. The first-order valence-corrected chi connectivity index (χ1v) is 4.11. The van der Waals surface area contributed by atoms with Crippen molar-refractivity contribution in [2.75, 3.05) is 32.7 Å². The molecule has 0 aromatic carbocycles. The van der Waals surface area contributed by atoms with E-state index in [1.807, 2.05) is 0 Å². The fourth-order valence-electron chi connectivity index (χ4n) is 1.82. The maximum Gasteiger partial charge on any atom is 0.0245 e. The Morgan fingerprint density at radius 3 is 2.80 bits per heavy atom. The van der Waals surface area contributed by atoms with E-state index >= 15 is 0 Å². The molecule has 0 aromatic rings. The van der Waals surface area contributed by atoms with Crippen LogP contribution >= 0.6 is 0 Å². The van der Waals surface area contributed by atoms with Crippen molar-refractivity contribution in [1.82, 2.24) is 16.0 Å². The van der Waals surface area contributed by atoms with Gasteiger partial charge in [0.05, 0.1) is 0 Å². The summed E-state index contributed by atoms with van der Waals surface area (Å²) in [5.74, 6) is 0.822. The molecule has 2 atom stereocenters. The zero-order valence-corrected chi connectivity index (χ0v) is 6.19. The quantitative estimate of drug-likeness (QED) is 0.395. The van der Waals surface area contributed by atoms with Crippen LogP contribution in [0.3, 0.4) is 0 Å². The molecule has 0 radical (unpaired) electrons. The molecular formula is C7H15N3. The minimum absolute atomic E-state index is 0.731. The van der Waals surface area contributed by atoms with Crippen LogP contribution in [0.15, 0.2) is 0 Å². The third-order valence-electron chi connectivity index (χ3n) is 2.45. The Bertz CT molecular complexity index is 103. The highest BCUT2D eigenvalue weighted by Crippen LogP contribution is 2.08. The molecule has 0 saturated carbocycles. The molecule has 3 heteroatoms. The van der Waals surface area contributed by atoms with Crippen molar-refractivity contribution >= 4 is 0 Å². The Balaban J connectivity index is 1.95. The lowest BCUT2D eigenvalue weighted by Gasteiger charge is -2.14. The summed E-state index contributed by atoms with van der Waals surface area (Å²) in [6, 6.07) is 0.731. The Morgan fingerprint density at radius 2 is 1.80 bits per heavy atom. The molecule has 0 aromatic heterocycles. The Morgan fingerprint density at radius 1 is 0.900 bits per heavy atom. The Labute approximate surface area is 61.6 Å². The number of nitrogens with one attached hydrogen (secondary N) is 3. The van der Waals surface area contributed by atoms with Gasteiger partial charge in [-0.2, -0.15) is 0 Å². The Kier molecular flexibility index (Phi) is 1.88. The topological polar surface area (TPSA) is 36.1 Å². The van der Waals surface area contributed by atoms with Crippen LogP contribution in [0.1, 0.15) is 0 Å². The van der Waals surface area contributed by atoms with Gasteiger partial charge in [0, 0.05) is 44.7 Å². The van der Waals surface area contributed by atoms with E-state index < -0.39 is 0 Å². The lowest BCUT2D eigenvalue weighted by atomic mass is 10.1. The van der Waals surface area contributed by atoms with E-state index in [0.29, 0.717) is 0 Å². The van der Waals surface area contributed by atoms with E-state index in [4.69, 9.17) is 0 Å². The summed E-state index contributed by atoms with van der Waals surface area (Å²) in [5, 5.41) is 10.3. The standard InChI is InChI=1S/C7H15N3/c1-2-10-7-5-9-4-6(7)3-8-1/h6-10H,1-5H2. The summed E-state index contributed by atoms with van der Waals surface area (Å²) in [5.41, 5.74) is 0. The lowest BCUT2D eigenvalue weighted by molar-refractivity contribution is 0.461. The van der Waals surface area contributed by atoms with Gasteiger partial charge >= 0.3 is 0 Å². The highest BCUT2D eigenvalue weighted by atomic mass is 15.1. The van der Waals surface area contributed by atoms with Gasteiger partial charge in [-0.15, -0.1) is 0 Å². The van der Waals surface area contributed by atoms with Crippen LogP contribution in [0.25, 0.3) is 0 Å². The molecule has 10 heavy (non-hydrogen) atoms. The van der Waals surface area contributed by atoms with Crippen molar-refractivity contribution in [1.29, 1.82) is 0 Å². The first-order chi connectivity index (χ1) is 4.97. The third-order valence-corrected chi connectivity index (χ3v) is 2.45. The van der Waals surface area contributed by atoms with Crippen molar-refractivity contribution in [2.45, 2.75) is 6.04 Å². The predicted octanol–water partition coefficient (Wildman–Crippen LogP) is -1.23. The molecule has 2 unspecified atom stereocenters. The number of rotatable bonds is 0. The van der Waals surface area contributed by atoms with Crippen LogP contribution in [-0.2, 0) is 0 Å². The van der Waals surface area contributed by atoms with Gasteiger partial charge in [0.2, 0.25) is 0 Å². The molecule has 2 rings (SSSR count). The van der Waals surface area contributed by atoms with E-state index in [1.54, 1.807) is 0 Å². The minimum Gasteiger partial charge on any atom is -0.315 e. The number of fused-ring (bicyclic) bond motifs is 1. The average Bonchev–Trinajstić information content (AvgIpc) is 2.28. The van der Waals surface area contributed by atoms with Crippen LogP contribution in [0, 0.1) is 5.92 Å². The molecule has 58 valence electrons. The molecule has 3 nitrogen and oxygen atoms in total. The summed E-state index contributed by atoms with van der Waals surface area (Å²) < 4.78 is 0. The van der Waals surface area contributed by atoms with Crippen molar-refractivity contribution in [3.8, 4) is 0 Å². The summed E-state index contributed by atoms with van der Waals surface area (Å²) in [6.07, 6.45) is 0. The molecule has 2 aliphatic heterocycles. The van der Waals surface area contributed by atoms with E-state index in [2.05, 4.69) is 16.0 Å². The third kappa shape index (κ3) is 1.17. The van der Waals surface area contributed by atoms with Gasteiger partial charge in [-0.05, 0) is 0 Å². The predicted molar refractivity (Wildman–Crippen MR) is 41.0 cm³/mol. The largest absolute Gasteiger partial charge is 0.315 e.